The van der Waals surface area contributed by atoms with Gasteiger partial charge in [0.05, 0.1) is 25.3 Å². The second-order valence-electron chi connectivity index (χ2n) is 7.40. The Balaban J connectivity index is 1.57. The van der Waals surface area contributed by atoms with Gasteiger partial charge in [-0.15, -0.1) is 0 Å². The number of Topliss-reactive ketones (excluding diaryl/α,β-unsaturated/α-hetero) is 1. The van der Waals surface area contributed by atoms with Gasteiger partial charge in [-0.05, 0) is 37.1 Å². The maximum absolute atomic E-state index is 13.1. The van der Waals surface area contributed by atoms with E-state index in [0.29, 0.717) is 30.2 Å². The molecule has 0 bridgehead atoms. The number of imide groups is 1. The van der Waals surface area contributed by atoms with Crippen LogP contribution in [0.2, 0.25) is 0 Å². The van der Waals surface area contributed by atoms with Gasteiger partial charge < -0.3 is 4.74 Å². The average molecular weight is 356 g/mol. The monoisotopic (exact) mass is 356 g/mol. The number of likely N-dealkylation sites (tertiary alicyclic amines) is 1. The molecule has 1 aliphatic carbocycles. The summed E-state index contributed by atoms with van der Waals surface area (Å²) in [5.74, 6) is 0.711. The quantitative estimate of drug-likeness (QED) is 0.777. The van der Waals surface area contributed by atoms with Crippen LogP contribution in [-0.2, 0) is 14.4 Å². The molecule has 0 N–H and O–H groups in total. The van der Waals surface area contributed by atoms with Gasteiger partial charge in [0, 0.05) is 24.9 Å². The van der Waals surface area contributed by atoms with Gasteiger partial charge in [-0.2, -0.15) is 0 Å². The highest BCUT2D eigenvalue weighted by molar-refractivity contribution is 6.22. The van der Waals surface area contributed by atoms with Crippen LogP contribution >= 0.6 is 0 Å². The molecule has 3 aliphatic rings. The van der Waals surface area contributed by atoms with Crippen LogP contribution in [0, 0.1) is 5.92 Å². The Kier molecular flexibility index (Phi) is 4.53. The predicted octanol–water partition coefficient (Wildman–Crippen LogP) is 2.16. The lowest BCUT2D eigenvalue weighted by Gasteiger charge is -2.45. The Hall–Kier alpha value is -2.21. The highest BCUT2D eigenvalue weighted by atomic mass is 16.5. The molecule has 2 aliphatic heterocycles. The second kappa shape index (κ2) is 6.83. The maximum Gasteiger partial charge on any atom is 0.251 e. The van der Waals surface area contributed by atoms with Crippen molar-refractivity contribution in [2.24, 2.45) is 5.92 Å². The summed E-state index contributed by atoms with van der Waals surface area (Å²) < 4.78 is 5.14. The molecule has 4 rings (SSSR count). The fraction of sp³-hybridized carbons (Fsp3) is 0.550. The molecule has 2 saturated heterocycles. The number of nitrogens with zero attached hydrogens (tertiary/aromatic N) is 2. The Bertz CT molecular complexity index is 730. The third-order valence-corrected chi connectivity index (χ3v) is 6.04. The molecule has 26 heavy (non-hydrogen) atoms. The van der Waals surface area contributed by atoms with E-state index in [2.05, 4.69) is 4.90 Å². The number of fused-ring (bicyclic) bond motifs is 1. The van der Waals surface area contributed by atoms with E-state index in [1.54, 1.807) is 31.4 Å². The van der Waals surface area contributed by atoms with Crippen molar-refractivity contribution < 1.29 is 19.1 Å². The van der Waals surface area contributed by atoms with Gasteiger partial charge >= 0.3 is 0 Å². The molecule has 0 aromatic heterocycles. The van der Waals surface area contributed by atoms with Crippen molar-refractivity contribution in [3.8, 4) is 5.75 Å². The number of anilines is 1. The van der Waals surface area contributed by atoms with Crippen molar-refractivity contribution in [2.45, 2.75) is 50.6 Å². The lowest BCUT2D eigenvalue weighted by molar-refractivity contribution is -0.136. The summed E-state index contributed by atoms with van der Waals surface area (Å²) in [6.07, 6.45) is 4.70. The molecule has 3 fully saturated rings. The number of piperidine rings is 1. The average Bonchev–Trinajstić information content (AvgIpc) is 2.96. The van der Waals surface area contributed by atoms with Crippen LogP contribution in [0.5, 0.6) is 5.75 Å². The maximum atomic E-state index is 13.1. The van der Waals surface area contributed by atoms with Crippen LogP contribution in [0.1, 0.15) is 38.5 Å². The third kappa shape index (κ3) is 2.82. The van der Waals surface area contributed by atoms with Crippen LogP contribution < -0.4 is 9.64 Å². The molecule has 0 spiro atoms. The van der Waals surface area contributed by atoms with E-state index in [1.807, 2.05) is 0 Å². The molecule has 3 atom stereocenters. The first-order chi connectivity index (χ1) is 12.6. The van der Waals surface area contributed by atoms with Crippen molar-refractivity contribution in [3.05, 3.63) is 24.3 Å². The topological polar surface area (TPSA) is 66.9 Å². The normalized spacial score (nSPS) is 29.8. The SMILES string of the molecule is COc1ccc(N2C(=O)CC(N3CCC(=O)[C@@H]4CCCC[C@H]43)C2=O)cc1. The molecule has 2 heterocycles. The zero-order valence-corrected chi connectivity index (χ0v) is 15.0. The number of ether oxygens (including phenoxy) is 1. The Morgan fingerprint density at radius 2 is 1.77 bits per heavy atom. The van der Waals surface area contributed by atoms with Gasteiger partial charge in [0.25, 0.3) is 5.91 Å². The fourth-order valence-electron chi connectivity index (χ4n) is 4.74. The van der Waals surface area contributed by atoms with E-state index >= 15 is 0 Å². The molecule has 6 nitrogen and oxygen atoms in total. The summed E-state index contributed by atoms with van der Waals surface area (Å²) in [4.78, 5) is 41.4. The number of amides is 2. The summed E-state index contributed by atoms with van der Waals surface area (Å²) in [6.45, 7) is 0.583. The van der Waals surface area contributed by atoms with Gasteiger partial charge in [0.2, 0.25) is 5.91 Å². The van der Waals surface area contributed by atoms with Gasteiger partial charge in [-0.1, -0.05) is 12.8 Å². The first kappa shape index (κ1) is 17.2. The standard InChI is InChI=1S/C20H24N2O4/c1-26-14-8-6-13(7-9-14)22-19(24)12-17(20(22)25)21-11-10-18(23)15-4-2-3-5-16(15)21/h6-9,15-17H,2-5,10-12H2,1H3/t15-,16-,17?/m1/s1. The molecular formula is C20H24N2O4. The van der Waals surface area contributed by atoms with Gasteiger partial charge in [0.1, 0.15) is 11.5 Å². The van der Waals surface area contributed by atoms with Gasteiger partial charge in [0.15, 0.2) is 0 Å². The summed E-state index contributed by atoms with van der Waals surface area (Å²) in [7, 11) is 1.58. The first-order valence-corrected chi connectivity index (χ1v) is 9.39. The van der Waals surface area contributed by atoms with Crippen molar-refractivity contribution in [1.29, 1.82) is 0 Å². The zero-order valence-electron chi connectivity index (χ0n) is 15.0. The highest BCUT2D eigenvalue weighted by Gasteiger charge is 2.48. The molecule has 2 amide bonds. The molecule has 1 saturated carbocycles. The van der Waals surface area contributed by atoms with Crippen LogP contribution in [0.25, 0.3) is 0 Å². The van der Waals surface area contributed by atoms with Crippen LogP contribution in [0.3, 0.4) is 0 Å². The number of rotatable bonds is 3. The number of hydrogen-bond acceptors (Lipinski definition) is 5. The number of ketones is 1. The van der Waals surface area contributed by atoms with Crippen LogP contribution in [0.15, 0.2) is 24.3 Å². The minimum atomic E-state index is -0.441. The Morgan fingerprint density at radius 3 is 2.50 bits per heavy atom. The summed E-state index contributed by atoms with van der Waals surface area (Å²) in [5, 5.41) is 0. The van der Waals surface area contributed by atoms with Gasteiger partial charge in [-0.25, -0.2) is 4.90 Å². The van der Waals surface area contributed by atoms with Crippen LogP contribution in [0.4, 0.5) is 5.69 Å². The molecule has 6 heteroatoms. The van der Waals surface area contributed by atoms with Crippen LogP contribution in [-0.4, -0.2) is 48.2 Å². The molecule has 1 aromatic rings. The number of carbonyl (C=O) groups excluding carboxylic acids is 3. The minimum absolute atomic E-state index is 0.0374. The summed E-state index contributed by atoms with van der Waals surface area (Å²) >= 11 is 0. The highest BCUT2D eigenvalue weighted by Crippen LogP contribution is 2.37. The van der Waals surface area contributed by atoms with Gasteiger partial charge in [-0.3, -0.25) is 19.3 Å². The predicted molar refractivity (Wildman–Crippen MR) is 96.0 cm³/mol. The summed E-state index contributed by atoms with van der Waals surface area (Å²) in [6, 6.07) is 6.64. The molecule has 1 aromatic carbocycles. The second-order valence-corrected chi connectivity index (χ2v) is 7.40. The van der Waals surface area contributed by atoms with E-state index in [0.717, 1.165) is 25.7 Å². The Morgan fingerprint density at radius 1 is 1.04 bits per heavy atom. The van der Waals surface area contributed by atoms with Crippen molar-refractivity contribution in [3.63, 3.8) is 0 Å². The number of carbonyl (C=O) groups is 3. The van der Waals surface area contributed by atoms with Crippen molar-refractivity contribution >= 4 is 23.3 Å². The van der Waals surface area contributed by atoms with E-state index in [4.69, 9.17) is 4.74 Å². The molecule has 0 radical (unpaired) electrons. The number of benzene rings is 1. The summed E-state index contributed by atoms with van der Waals surface area (Å²) in [5.41, 5.74) is 0.580. The lowest BCUT2D eigenvalue weighted by atomic mass is 9.77. The lowest BCUT2D eigenvalue weighted by Crippen LogP contribution is -2.56. The Labute approximate surface area is 153 Å². The zero-order chi connectivity index (χ0) is 18.3. The van der Waals surface area contributed by atoms with Crippen molar-refractivity contribution in [2.75, 3.05) is 18.6 Å². The van der Waals surface area contributed by atoms with E-state index < -0.39 is 6.04 Å². The van der Waals surface area contributed by atoms with E-state index in [-0.39, 0.29) is 30.2 Å². The molecule has 138 valence electrons. The smallest absolute Gasteiger partial charge is 0.251 e. The third-order valence-electron chi connectivity index (χ3n) is 6.04. The van der Waals surface area contributed by atoms with E-state index in [1.165, 1.54) is 4.90 Å². The first-order valence-electron chi connectivity index (χ1n) is 9.39. The van der Waals surface area contributed by atoms with E-state index in [9.17, 15) is 14.4 Å². The molecular weight excluding hydrogens is 332 g/mol. The number of methoxy groups -OCH3 is 1. The largest absolute Gasteiger partial charge is 0.497 e. The molecule has 1 unspecified atom stereocenters. The fourth-order valence-corrected chi connectivity index (χ4v) is 4.74. The number of hydrogen-bond donors (Lipinski definition) is 0. The van der Waals surface area contributed by atoms with Crippen molar-refractivity contribution in [1.82, 2.24) is 4.90 Å². The minimum Gasteiger partial charge on any atom is -0.497 e.